The second kappa shape index (κ2) is 11.3. The van der Waals surface area contributed by atoms with E-state index in [9.17, 15) is 19.5 Å². The van der Waals surface area contributed by atoms with Crippen LogP contribution >= 0.6 is 11.6 Å². The quantitative estimate of drug-likeness (QED) is 0.366. The lowest BCUT2D eigenvalue weighted by Crippen LogP contribution is -2.53. The van der Waals surface area contributed by atoms with E-state index in [1.165, 1.54) is 0 Å². The first-order valence-corrected chi connectivity index (χ1v) is 14.2. The molecule has 3 saturated heterocycles. The van der Waals surface area contributed by atoms with E-state index in [-0.39, 0.29) is 24.3 Å². The van der Waals surface area contributed by atoms with E-state index in [1.807, 2.05) is 37.3 Å². The smallest absolute Gasteiger partial charge is 0.250 e. The summed E-state index contributed by atoms with van der Waals surface area (Å²) in [6.45, 7) is 2.77. The number of aliphatic hydroxyl groups is 1. The lowest BCUT2D eigenvalue weighted by atomic mass is 9.65. The Hall–Kier alpha value is -2.94. The molecule has 3 amide bonds. The van der Waals surface area contributed by atoms with Crippen molar-refractivity contribution in [3.8, 4) is 0 Å². The third-order valence-electron chi connectivity index (χ3n) is 8.69. The largest absolute Gasteiger partial charge is 0.396 e. The van der Waals surface area contributed by atoms with Crippen molar-refractivity contribution in [2.45, 2.75) is 69.2 Å². The van der Waals surface area contributed by atoms with Gasteiger partial charge in [0.05, 0.1) is 17.4 Å². The van der Waals surface area contributed by atoms with Crippen molar-refractivity contribution in [3.63, 3.8) is 0 Å². The highest BCUT2D eigenvalue weighted by Gasteiger charge is 2.78. The molecule has 5 rings (SSSR count). The van der Waals surface area contributed by atoms with Gasteiger partial charge < -0.3 is 25.4 Å². The van der Waals surface area contributed by atoms with Gasteiger partial charge in [-0.15, -0.1) is 0 Å². The molecule has 8 nitrogen and oxygen atoms in total. The second-order valence-electron chi connectivity index (χ2n) is 10.8. The predicted octanol–water partition coefficient (Wildman–Crippen LogP) is 3.91. The zero-order chi connectivity index (χ0) is 27.6. The molecule has 208 valence electrons. The number of carbonyl (C=O) groups is 3. The second-order valence-corrected chi connectivity index (χ2v) is 11.3. The van der Waals surface area contributed by atoms with Gasteiger partial charge in [0.1, 0.15) is 11.6 Å². The molecule has 0 radical (unpaired) electrons. The van der Waals surface area contributed by atoms with Gasteiger partial charge in [-0.1, -0.05) is 48.9 Å². The summed E-state index contributed by atoms with van der Waals surface area (Å²) in [6, 6.07) is 15.6. The highest BCUT2D eigenvalue weighted by Crippen LogP contribution is 2.64. The van der Waals surface area contributed by atoms with Crippen LogP contribution in [-0.4, -0.2) is 58.1 Å². The fourth-order valence-corrected chi connectivity index (χ4v) is 6.99. The first kappa shape index (κ1) is 27.6. The fraction of sp³-hybridized carbons (Fsp3) is 0.500. The van der Waals surface area contributed by atoms with Gasteiger partial charge in [-0.2, -0.15) is 0 Å². The number of ether oxygens (including phenoxy) is 1. The van der Waals surface area contributed by atoms with Crippen molar-refractivity contribution in [3.05, 3.63) is 65.2 Å². The zero-order valence-electron chi connectivity index (χ0n) is 22.2. The van der Waals surface area contributed by atoms with Gasteiger partial charge in [0.15, 0.2) is 0 Å². The molecule has 2 aromatic carbocycles. The summed E-state index contributed by atoms with van der Waals surface area (Å²) in [5.41, 5.74) is -0.316. The van der Waals surface area contributed by atoms with Crippen molar-refractivity contribution < 1.29 is 24.2 Å². The number of rotatable bonds is 11. The van der Waals surface area contributed by atoms with Gasteiger partial charge in [-0.05, 0) is 68.4 Å². The van der Waals surface area contributed by atoms with Gasteiger partial charge in [-0.25, -0.2) is 0 Å². The molecule has 2 aromatic rings. The average Bonchev–Trinajstić information content (AvgIpc) is 3.55. The Labute approximate surface area is 234 Å². The van der Waals surface area contributed by atoms with E-state index in [4.69, 9.17) is 16.3 Å². The minimum Gasteiger partial charge on any atom is -0.396 e. The van der Waals surface area contributed by atoms with E-state index in [2.05, 4.69) is 10.6 Å². The highest BCUT2D eigenvalue weighted by atomic mass is 35.5. The van der Waals surface area contributed by atoms with Crippen molar-refractivity contribution in [2.75, 3.05) is 18.5 Å². The van der Waals surface area contributed by atoms with Gasteiger partial charge >= 0.3 is 0 Å². The standard InChI is InChI=1S/C30H36ClN3O5/c1-2-29-15-16-30(39-29)24(23(29)26(36)32-19-20-9-5-3-6-10-20)28(38)34(17-7-4-8-18-35)25(30)27(37)33-22-13-11-21(31)12-14-22/h3,5-6,9-14,23-25,35H,2,4,7-8,15-19H2,1H3,(H,32,36)(H,33,37)/t23-,24+,25?,29+,30?/m1/s1. The topological polar surface area (TPSA) is 108 Å². The number of hydrogen-bond acceptors (Lipinski definition) is 5. The molecule has 2 unspecified atom stereocenters. The molecule has 3 heterocycles. The van der Waals surface area contributed by atoms with Crippen LogP contribution in [0.3, 0.4) is 0 Å². The molecule has 9 heteroatoms. The maximum atomic E-state index is 14.1. The molecule has 39 heavy (non-hydrogen) atoms. The summed E-state index contributed by atoms with van der Waals surface area (Å²) in [4.78, 5) is 43.4. The Balaban J connectivity index is 1.45. The predicted molar refractivity (Wildman–Crippen MR) is 148 cm³/mol. The van der Waals surface area contributed by atoms with E-state index >= 15 is 0 Å². The lowest BCUT2D eigenvalue weighted by molar-refractivity contribution is -0.146. The number of likely N-dealkylation sites (tertiary alicyclic amines) is 1. The number of unbranched alkanes of at least 4 members (excludes halogenated alkanes) is 2. The van der Waals surface area contributed by atoms with Crippen molar-refractivity contribution in [1.82, 2.24) is 10.2 Å². The maximum Gasteiger partial charge on any atom is 0.250 e. The van der Waals surface area contributed by atoms with Crippen LogP contribution in [-0.2, 0) is 25.7 Å². The summed E-state index contributed by atoms with van der Waals surface area (Å²) in [7, 11) is 0. The van der Waals surface area contributed by atoms with Crippen molar-refractivity contribution in [2.24, 2.45) is 11.8 Å². The third kappa shape index (κ3) is 4.94. The van der Waals surface area contributed by atoms with Gasteiger partial charge in [0, 0.05) is 30.4 Å². The van der Waals surface area contributed by atoms with E-state index < -0.39 is 29.1 Å². The molecule has 0 aromatic heterocycles. The Morgan fingerprint density at radius 2 is 1.79 bits per heavy atom. The summed E-state index contributed by atoms with van der Waals surface area (Å²) in [5.74, 6) is -2.15. The van der Waals surface area contributed by atoms with Crippen LogP contribution in [0.25, 0.3) is 0 Å². The van der Waals surface area contributed by atoms with Crippen LogP contribution in [0, 0.1) is 11.8 Å². The van der Waals surface area contributed by atoms with E-state index in [0.717, 1.165) is 12.0 Å². The summed E-state index contributed by atoms with van der Waals surface area (Å²) in [5, 5.41) is 15.8. The van der Waals surface area contributed by atoms with Gasteiger partial charge in [0.25, 0.3) is 0 Å². The number of amides is 3. The maximum absolute atomic E-state index is 14.1. The number of nitrogens with one attached hydrogen (secondary N) is 2. The van der Waals surface area contributed by atoms with Gasteiger partial charge in [-0.3, -0.25) is 14.4 Å². The van der Waals surface area contributed by atoms with Crippen LogP contribution in [0.1, 0.15) is 51.0 Å². The number of fused-ring (bicyclic) bond motifs is 1. The summed E-state index contributed by atoms with van der Waals surface area (Å²) in [6.07, 6.45) is 3.71. The molecule has 3 aliphatic rings. The Morgan fingerprint density at radius 3 is 2.49 bits per heavy atom. The first-order valence-electron chi connectivity index (χ1n) is 13.8. The number of aliphatic hydroxyl groups excluding tert-OH is 1. The Morgan fingerprint density at radius 1 is 1.05 bits per heavy atom. The van der Waals surface area contributed by atoms with E-state index in [1.54, 1.807) is 29.2 Å². The zero-order valence-corrected chi connectivity index (χ0v) is 23.0. The minimum absolute atomic E-state index is 0.0762. The number of hydrogen-bond donors (Lipinski definition) is 3. The molecular formula is C30H36ClN3O5. The molecular weight excluding hydrogens is 518 g/mol. The minimum atomic E-state index is -1.07. The fourth-order valence-electron chi connectivity index (χ4n) is 6.87. The van der Waals surface area contributed by atoms with Crippen LogP contribution in [0.15, 0.2) is 54.6 Å². The first-order chi connectivity index (χ1) is 18.8. The van der Waals surface area contributed by atoms with Crippen LogP contribution < -0.4 is 10.6 Å². The van der Waals surface area contributed by atoms with Crippen LogP contribution in [0.4, 0.5) is 5.69 Å². The SMILES string of the molecule is CC[C@@]12CCC3(O1)C(C(=O)Nc1ccc(Cl)cc1)N(CCCCCO)C(=O)[C@@H]3[C@@H]2C(=O)NCc1ccccc1. The van der Waals surface area contributed by atoms with E-state index in [0.29, 0.717) is 55.9 Å². The van der Waals surface area contributed by atoms with Crippen LogP contribution in [0.5, 0.6) is 0 Å². The molecule has 3 aliphatic heterocycles. The molecule has 2 bridgehead atoms. The normalized spacial score (nSPS) is 28.9. The number of benzene rings is 2. The summed E-state index contributed by atoms with van der Waals surface area (Å²) < 4.78 is 6.78. The summed E-state index contributed by atoms with van der Waals surface area (Å²) >= 11 is 6.02. The van der Waals surface area contributed by atoms with Crippen molar-refractivity contribution in [1.29, 1.82) is 0 Å². The number of carbonyl (C=O) groups excluding carboxylic acids is 3. The molecule has 0 aliphatic carbocycles. The van der Waals surface area contributed by atoms with Crippen molar-refractivity contribution >= 4 is 35.0 Å². The highest BCUT2D eigenvalue weighted by molar-refractivity contribution is 6.30. The Bertz CT molecular complexity index is 1210. The Kier molecular flexibility index (Phi) is 7.99. The lowest BCUT2D eigenvalue weighted by Gasteiger charge is -2.34. The molecule has 1 spiro atoms. The number of anilines is 1. The van der Waals surface area contributed by atoms with Crippen LogP contribution in [0.2, 0.25) is 5.02 Å². The molecule has 3 N–H and O–H groups in total. The number of nitrogens with zero attached hydrogens (tertiary/aromatic N) is 1. The molecule has 0 saturated carbocycles. The number of halogens is 1. The average molecular weight is 554 g/mol. The van der Waals surface area contributed by atoms with Gasteiger partial charge in [0.2, 0.25) is 17.7 Å². The molecule has 3 fully saturated rings. The molecule has 5 atom stereocenters. The third-order valence-corrected chi connectivity index (χ3v) is 8.94. The monoisotopic (exact) mass is 553 g/mol.